The molecule has 4 fully saturated rings. The second-order valence-corrected chi connectivity index (χ2v) is 7.12. The average Bonchev–Trinajstić information content (AvgIpc) is 2.14. The van der Waals surface area contributed by atoms with Gasteiger partial charge in [-0.05, 0) is 82.8 Å². The van der Waals surface area contributed by atoms with E-state index in [4.69, 9.17) is 5.73 Å². The van der Waals surface area contributed by atoms with Crippen LogP contribution in [-0.2, 0) is 0 Å². The van der Waals surface area contributed by atoms with E-state index in [1.807, 2.05) is 0 Å². The van der Waals surface area contributed by atoms with Gasteiger partial charge >= 0.3 is 0 Å². The lowest BCUT2D eigenvalue weighted by atomic mass is 9.46. The highest BCUT2D eigenvalue weighted by Gasteiger charge is 2.57. The van der Waals surface area contributed by atoms with Crippen LogP contribution in [0.2, 0.25) is 0 Å². The molecule has 0 spiro atoms. The number of hydrogen-bond acceptors (Lipinski definition) is 2. The van der Waals surface area contributed by atoms with Crippen LogP contribution in [-0.4, -0.2) is 31.1 Å². The summed E-state index contributed by atoms with van der Waals surface area (Å²) in [6.45, 7) is 0.892. The van der Waals surface area contributed by atoms with Crippen LogP contribution >= 0.6 is 0 Å². The Morgan fingerprint density at radius 3 is 2.25 bits per heavy atom. The minimum Gasteiger partial charge on any atom is -0.330 e. The van der Waals surface area contributed by atoms with Crippen molar-refractivity contribution in [2.24, 2.45) is 23.0 Å². The number of nitrogens with zero attached hydrogens (tertiary/aromatic N) is 1. The van der Waals surface area contributed by atoms with E-state index >= 15 is 0 Å². The Kier molecular flexibility index (Phi) is 2.38. The minimum absolute atomic E-state index is 0.541. The van der Waals surface area contributed by atoms with Crippen LogP contribution in [0.25, 0.3) is 0 Å². The molecule has 4 aliphatic rings. The van der Waals surface area contributed by atoms with Gasteiger partial charge in [-0.25, -0.2) is 0 Å². The van der Waals surface area contributed by atoms with E-state index in [-0.39, 0.29) is 0 Å². The van der Waals surface area contributed by atoms with E-state index in [1.165, 1.54) is 44.9 Å². The summed E-state index contributed by atoms with van der Waals surface area (Å²) < 4.78 is 0. The standard InChI is InChI=1S/C14H26N2/c1-16(2)14-8-11-5-12(9-14)7-13(6-11,10-14)3-4-15/h11-12H,3-10,15H2,1-2H3. The van der Waals surface area contributed by atoms with Gasteiger partial charge in [0.2, 0.25) is 0 Å². The van der Waals surface area contributed by atoms with Crippen molar-refractivity contribution >= 4 is 0 Å². The molecule has 0 aromatic heterocycles. The first-order chi connectivity index (χ1) is 7.57. The molecule has 92 valence electrons. The molecule has 4 bridgehead atoms. The summed E-state index contributed by atoms with van der Waals surface area (Å²) in [6.07, 6.45) is 10.1. The molecular formula is C14H26N2. The van der Waals surface area contributed by atoms with Gasteiger partial charge in [0.05, 0.1) is 0 Å². The van der Waals surface area contributed by atoms with Gasteiger partial charge in [-0.15, -0.1) is 0 Å². The van der Waals surface area contributed by atoms with Gasteiger partial charge in [0, 0.05) is 5.54 Å². The van der Waals surface area contributed by atoms with Gasteiger partial charge in [-0.1, -0.05) is 0 Å². The fourth-order valence-corrected chi connectivity index (χ4v) is 5.52. The first kappa shape index (κ1) is 11.0. The Labute approximate surface area is 99.6 Å². The third kappa shape index (κ3) is 1.46. The van der Waals surface area contributed by atoms with E-state index < -0.39 is 0 Å². The molecule has 4 aliphatic carbocycles. The maximum absolute atomic E-state index is 5.86. The second kappa shape index (κ2) is 3.46. The molecule has 0 aromatic rings. The SMILES string of the molecule is CN(C)C12CC3CC(CC(CCN)(C3)C1)C2. The maximum Gasteiger partial charge on any atom is 0.0214 e. The van der Waals surface area contributed by atoms with E-state index in [0.29, 0.717) is 11.0 Å². The summed E-state index contributed by atoms with van der Waals surface area (Å²) in [5.74, 6) is 2.02. The number of rotatable bonds is 3. The van der Waals surface area contributed by atoms with Crippen molar-refractivity contribution in [3.8, 4) is 0 Å². The third-order valence-corrected chi connectivity index (χ3v) is 5.77. The maximum atomic E-state index is 5.86. The molecule has 0 saturated heterocycles. The highest BCUT2D eigenvalue weighted by molar-refractivity contribution is 5.11. The molecular weight excluding hydrogens is 196 g/mol. The summed E-state index contributed by atoms with van der Waals surface area (Å²) in [4.78, 5) is 2.54. The highest BCUT2D eigenvalue weighted by Crippen LogP contribution is 2.63. The Bertz CT molecular complexity index is 270. The van der Waals surface area contributed by atoms with E-state index in [1.54, 1.807) is 0 Å². The van der Waals surface area contributed by atoms with Crippen LogP contribution in [0.1, 0.15) is 44.9 Å². The summed E-state index contributed by atoms with van der Waals surface area (Å²) in [6, 6.07) is 0. The molecule has 4 saturated carbocycles. The van der Waals surface area contributed by atoms with Crippen molar-refractivity contribution in [1.29, 1.82) is 0 Å². The zero-order valence-corrected chi connectivity index (χ0v) is 10.8. The average molecular weight is 222 g/mol. The van der Waals surface area contributed by atoms with Crippen molar-refractivity contribution in [1.82, 2.24) is 4.90 Å². The Morgan fingerprint density at radius 1 is 1.12 bits per heavy atom. The van der Waals surface area contributed by atoms with Crippen LogP contribution < -0.4 is 5.73 Å². The molecule has 2 unspecified atom stereocenters. The first-order valence-electron chi connectivity index (χ1n) is 6.95. The van der Waals surface area contributed by atoms with Gasteiger partial charge in [0.15, 0.2) is 0 Å². The van der Waals surface area contributed by atoms with Gasteiger partial charge in [0.25, 0.3) is 0 Å². The number of hydrogen-bond donors (Lipinski definition) is 1. The smallest absolute Gasteiger partial charge is 0.0214 e. The van der Waals surface area contributed by atoms with Crippen LogP contribution in [0, 0.1) is 17.3 Å². The van der Waals surface area contributed by atoms with E-state index in [9.17, 15) is 0 Å². The molecule has 2 N–H and O–H groups in total. The molecule has 0 amide bonds. The second-order valence-electron chi connectivity index (χ2n) is 7.12. The molecule has 0 aliphatic heterocycles. The summed E-state index contributed by atoms with van der Waals surface area (Å²) in [5, 5.41) is 0. The normalized spacial score (nSPS) is 50.2. The van der Waals surface area contributed by atoms with Crippen molar-refractivity contribution in [2.75, 3.05) is 20.6 Å². The van der Waals surface area contributed by atoms with Crippen LogP contribution in [0.5, 0.6) is 0 Å². The summed E-state index contributed by atoms with van der Waals surface area (Å²) >= 11 is 0. The zero-order chi connectivity index (χ0) is 11.4. The predicted molar refractivity (Wildman–Crippen MR) is 67.2 cm³/mol. The first-order valence-corrected chi connectivity index (χ1v) is 6.95. The third-order valence-electron chi connectivity index (χ3n) is 5.77. The molecule has 4 rings (SSSR count). The molecule has 0 heterocycles. The summed E-state index contributed by atoms with van der Waals surface area (Å²) in [5.41, 5.74) is 7.02. The highest BCUT2D eigenvalue weighted by atomic mass is 15.2. The van der Waals surface area contributed by atoms with Crippen molar-refractivity contribution in [3.63, 3.8) is 0 Å². The number of nitrogens with two attached hydrogens (primary N) is 1. The molecule has 0 radical (unpaired) electrons. The topological polar surface area (TPSA) is 29.3 Å². The fourth-order valence-electron chi connectivity index (χ4n) is 5.52. The monoisotopic (exact) mass is 222 g/mol. The molecule has 2 atom stereocenters. The Hall–Kier alpha value is -0.0800. The Morgan fingerprint density at radius 2 is 1.75 bits per heavy atom. The largest absolute Gasteiger partial charge is 0.330 e. The Balaban J connectivity index is 1.90. The molecule has 16 heavy (non-hydrogen) atoms. The lowest BCUT2D eigenvalue weighted by molar-refractivity contribution is -0.121. The van der Waals surface area contributed by atoms with Gasteiger partial charge in [-0.2, -0.15) is 0 Å². The fraction of sp³-hybridized carbons (Fsp3) is 1.00. The molecule has 0 aromatic carbocycles. The molecule has 2 nitrogen and oxygen atoms in total. The van der Waals surface area contributed by atoms with Crippen molar-refractivity contribution < 1.29 is 0 Å². The predicted octanol–water partition coefficient (Wildman–Crippen LogP) is 2.24. The van der Waals surface area contributed by atoms with Gasteiger partial charge in [-0.3, -0.25) is 0 Å². The van der Waals surface area contributed by atoms with Crippen LogP contribution in [0.15, 0.2) is 0 Å². The van der Waals surface area contributed by atoms with Crippen LogP contribution in [0.3, 0.4) is 0 Å². The van der Waals surface area contributed by atoms with E-state index in [0.717, 1.165) is 18.4 Å². The lowest BCUT2D eigenvalue weighted by Gasteiger charge is -2.64. The zero-order valence-electron chi connectivity index (χ0n) is 10.8. The lowest BCUT2D eigenvalue weighted by Crippen LogP contribution is -2.61. The summed E-state index contributed by atoms with van der Waals surface area (Å²) in [7, 11) is 4.59. The van der Waals surface area contributed by atoms with Gasteiger partial charge in [0.1, 0.15) is 0 Å². The molecule has 2 heteroatoms. The minimum atomic E-state index is 0.541. The van der Waals surface area contributed by atoms with Crippen molar-refractivity contribution in [3.05, 3.63) is 0 Å². The van der Waals surface area contributed by atoms with Gasteiger partial charge < -0.3 is 10.6 Å². The quantitative estimate of drug-likeness (QED) is 0.793. The van der Waals surface area contributed by atoms with E-state index in [2.05, 4.69) is 19.0 Å². The van der Waals surface area contributed by atoms with Crippen LogP contribution in [0.4, 0.5) is 0 Å². The van der Waals surface area contributed by atoms with Crippen molar-refractivity contribution in [2.45, 2.75) is 50.5 Å².